The van der Waals surface area contributed by atoms with Crippen molar-refractivity contribution in [3.63, 3.8) is 0 Å². The molecule has 2 heterocycles. The van der Waals surface area contributed by atoms with Crippen LogP contribution in [-0.4, -0.2) is 35.6 Å². The van der Waals surface area contributed by atoms with E-state index in [9.17, 15) is 19.2 Å². The number of aromatic nitrogens is 1. The number of thiophene rings is 1. The molecule has 0 aliphatic rings. The normalized spacial score (nSPS) is 10.4. The van der Waals surface area contributed by atoms with Gasteiger partial charge >= 0.3 is 11.9 Å². The van der Waals surface area contributed by atoms with Crippen LogP contribution < -0.4 is 10.9 Å². The molecule has 0 aliphatic heterocycles. The quantitative estimate of drug-likeness (QED) is 0.709. The highest BCUT2D eigenvalue weighted by Crippen LogP contribution is 2.34. The molecular weight excluding hydrogens is 384 g/mol. The standard InChI is InChI=1S/C19H22N2O6S/c1-5-26-18(24)15-12(4)16(19(25)27-6-2)28-17(15)20-13(22)10-21-11(3)8-7-9-14(21)23/h7-9H,5-6,10H2,1-4H3,(H,20,22). The maximum absolute atomic E-state index is 12.5. The second kappa shape index (κ2) is 9.32. The molecule has 28 heavy (non-hydrogen) atoms. The molecule has 0 atom stereocenters. The van der Waals surface area contributed by atoms with Crippen LogP contribution in [-0.2, 0) is 20.8 Å². The predicted molar refractivity (Wildman–Crippen MR) is 105 cm³/mol. The van der Waals surface area contributed by atoms with Gasteiger partial charge in [-0.25, -0.2) is 9.59 Å². The molecule has 0 spiro atoms. The summed E-state index contributed by atoms with van der Waals surface area (Å²) in [6.07, 6.45) is 0. The summed E-state index contributed by atoms with van der Waals surface area (Å²) in [7, 11) is 0. The lowest BCUT2D eigenvalue weighted by molar-refractivity contribution is -0.116. The fourth-order valence-corrected chi connectivity index (χ4v) is 3.68. The Bertz CT molecular complexity index is 960. The number of hydrogen-bond donors (Lipinski definition) is 1. The molecule has 0 aliphatic carbocycles. The van der Waals surface area contributed by atoms with E-state index in [1.54, 1.807) is 39.8 Å². The molecule has 0 fully saturated rings. The first-order valence-corrected chi connectivity index (χ1v) is 9.55. The van der Waals surface area contributed by atoms with Crippen LogP contribution in [0.1, 0.15) is 45.1 Å². The van der Waals surface area contributed by atoms with E-state index in [0.717, 1.165) is 11.3 Å². The van der Waals surface area contributed by atoms with Gasteiger partial charge in [-0.05, 0) is 39.3 Å². The summed E-state index contributed by atoms with van der Waals surface area (Å²) in [5, 5.41) is 2.81. The second-order valence-corrected chi connectivity index (χ2v) is 6.86. The number of carbonyl (C=O) groups is 3. The van der Waals surface area contributed by atoms with E-state index >= 15 is 0 Å². The fourth-order valence-electron chi connectivity index (χ4n) is 2.58. The molecule has 9 heteroatoms. The fraction of sp³-hybridized carbons (Fsp3) is 0.368. The second-order valence-electron chi connectivity index (χ2n) is 5.84. The van der Waals surface area contributed by atoms with Crippen molar-refractivity contribution in [3.05, 3.63) is 50.3 Å². The molecule has 0 aromatic carbocycles. The summed E-state index contributed by atoms with van der Waals surface area (Å²) < 4.78 is 11.4. The van der Waals surface area contributed by atoms with Crippen LogP contribution in [0.2, 0.25) is 0 Å². The van der Waals surface area contributed by atoms with E-state index in [2.05, 4.69) is 5.32 Å². The Hall–Kier alpha value is -2.94. The van der Waals surface area contributed by atoms with Crippen LogP contribution in [0, 0.1) is 13.8 Å². The van der Waals surface area contributed by atoms with Gasteiger partial charge in [0.15, 0.2) is 0 Å². The van der Waals surface area contributed by atoms with Gasteiger partial charge in [-0.15, -0.1) is 11.3 Å². The van der Waals surface area contributed by atoms with Crippen molar-refractivity contribution in [2.45, 2.75) is 34.2 Å². The summed E-state index contributed by atoms with van der Waals surface area (Å²) in [6.45, 7) is 6.75. The van der Waals surface area contributed by atoms with Gasteiger partial charge in [0.1, 0.15) is 16.4 Å². The largest absolute Gasteiger partial charge is 0.462 e. The first-order chi connectivity index (χ1) is 13.3. The maximum atomic E-state index is 12.5. The molecule has 150 valence electrons. The van der Waals surface area contributed by atoms with Crippen molar-refractivity contribution in [2.75, 3.05) is 18.5 Å². The Kier molecular flexibility index (Phi) is 7.11. The zero-order valence-corrected chi connectivity index (χ0v) is 17.0. The van der Waals surface area contributed by atoms with E-state index in [0.29, 0.717) is 11.3 Å². The van der Waals surface area contributed by atoms with Gasteiger partial charge in [0, 0.05) is 11.8 Å². The lowest BCUT2D eigenvalue weighted by atomic mass is 10.1. The van der Waals surface area contributed by atoms with Gasteiger partial charge in [-0.3, -0.25) is 9.59 Å². The minimum atomic E-state index is -0.643. The third kappa shape index (κ3) is 4.66. The van der Waals surface area contributed by atoms with Crippen LogP contribution in [0.4, 0.5) is 5.00 Å². The summed E-state index contributed by atoms with van der Waals surface area (Å²) >= 11 is 0.941. The lowest BCUT2D eigenvalue weighted by Gasteiger charge is -2.10. The Morgan fingerprint density at radius 1 is 1.07 bits per heavy atom. The highest BCUT2D eigenvalue weighted by atomic mass is 32.1. The Labute approximate surface area is 166 Å². The van der Waals surface area contributed by atoms with Crippen LogP contribution in [0.5, 0.6) is 0 Å². The monoisotopic (exact) mass is 406 g/mol. The van der Waals surface area contributed by atoms with Crippen LogP contribution in [0.3, 0.4) is 0 Å². The number of aryl methyl sites for hydroxylation is 1. The van der Waals surface area contributed by atoms with E-state index in [1.165, 1.54) is 10.6 Å². The molecular formula is C19H22N2O6S. The van der Waals surface area contributed by atoms with Crippen molar-refractivity contribution in [1.29, 1.82) is 0 Å². The average molecular weight is 406 g/mol. The van der Waals surface area contributed by atoms with Gasteiger partial charge in [0.25, 0.3) is 5.56 Å². The maximum Gasteiger partial charge on any atom is 0.348 e. The van der Waals surface area contributed by atoms with Crippen LogP contribution in [0.25, 0.3) is 0 Å². The third-order valence-electron chi connectivity index (χ3n) is 3.91. The molecule has 0 bridgehead atoms. The number of nitrogens with zero attached hydrogens (tertiary/aromatic N) is 1. The Morgan fingerprint density at radius 2 is 1.71 bits per heavy atom. The number of carbonyl (C=O) groups excluding carboxylic acids is 3. The topological polar surface area (TPSA) is 104 Å². The summed E-state index contributed by atoms with van der Waals surface area (Å²) in [5.41, 5.74) is 0.809. The number of rotatable bonds is 7. The number of nitrogens with one attached hydrogen (secondary N) is 1. The first kappa shape index (κ1) is 21.4. The Balaban J connectivity index is 2.36. The van der Waals surface area contributed by atoms with Crippen molar-refractivity contribution >= 4 is 34.2 Å². The molecule has 2 aromatic heterocycles. The van der Waals surface area contributed by atoms with Gasteiger partial charge in [0.05, 0.1) is 18.8 Å². The number of ether oxygens (including phenoxy) is 2. The number of hydrogen-bond acceptors (Lipinski definition) is 7. The minimum Gasteiger partial charge on any atom is -0.462 e. The van der Waals surface area contributed by atoms with Gasteiger partial charge in [-0.1, -0.05) is 6.07 Å². The summed E-state index contributed by atoms with van der Waals surface area (Å²) in [4.78, 5) is 49.2. The lowest BCUT2D eigenvalue weighted by Crippen LogP contribution is -2.28. The molecule has 1 N–H and O–H groups in total. The van der Waals surface area contributed by atoms with Gasteiger partial charge in [-0.2, -0.15) is 0 Å². The zero-order valence-electron chi connectivity index (χ0n) is 16.2. The molecule has 0 radical (unpaired) electrons. The highest BCUT2D eigenvalue weighted by Gasteiger charge is 2.27. The predicted octanol–water partition coefficient (Wildman–Crippen LogP) is 2.52. The third-order valence-corrected chi connectivity index (χ3v) is 5.10. The Morgan fingerprint density at radius 3 is 2.32 bits per heavy atom. The molecule has 0 saturated heterocycles. The van der Waals surface area contributed by atoms with Crippen molar-refractivity contribution in [3.8, 4) is 0 Å². The average Bonchev–Trinajstić information content (AvgIpc) is 2.95. The summed E-state index contributed by atoms with van der Waals surface area (Å²) in [6, 6.07) is 4.69. The number of amides is 1. The van der Waals surface area contributed by atoms with Crippen molar-refractivity contribution < 1.29 is 23.9 Å². The van der Waals surface area contributed by atoms with E-state index in [1.807, 2.05) is 0 Å². The molecule has 0 saturated carbocycles. The van der Waals surface area contributed by atoms with Gasteiger partial charge in [0.2, 0.25) is 5.91 Å². The molecule has 1 amide bonds. The van der Waals surface area contributed by atoms with Crippen molar-refractivity contribution in [2.24, 2.45) is 0 Å². The van der Waals surface area contributed by atoms with E-state index in [4.69, 9.17) is 9.47 Å². The smallest absolute Gasteiger partial charge is 0.348 e. The highest BCUT2D eigenvalue weighted by molar-refractivity contribution is 7.18. The van der Waals surface area contributed by atoms with Crippen molar-refractivity contribution in [1.82, 2.24) is 4.57 Å². The molecule has 2 aromatic rings. The number of pyridine rings is 1. The molecule has 8 nitrogen and oxygen atoms in total. The number of esters is 2. The van der Waals surface area contributed by atoms with Crippen LogP contribution in [0.15, 0.2) is 23.0 Å². The minimum absolute atomic E-state index is 0.111. The van der Waals surface area contributed by atoms with Gasteiger partial charge < -0.3 is 19.4 Å². The first-order valence-electron chi connectivity index (χ1n) is 8.74. The van der Waals surface area contributed by atoms with E-state index in [-0.39, 0.29) is 40.8 Å². The summed E-state index contributed by atoms with van der Waals surface area (Å²) in [5.74, 6) is -1.72. The molecule has 2 rings (SSSR count). The van der Waals surface area contributed by atoms with E-state index < -0.39 is 17.8 Å². The SMILES string of the molecule is CCOC(=O)c1sc(NC(=O)Cn2c(C)cccc2=O)c(C(=O)OCC)c1C. The number of anilines is 1. The van der Waals surface area contributed by atoms with Crippen LogP contribution >= 0.6 is 11.3 Å². The molecule has 0 unspecified atom stereocenters. The zero-order chi connectivity index (χ0) is 20.8.